The third kappa shape index (κ3) is 2.87. The minimum absolute atomic E-state index is 0.645. The highest BCUT2D eigenvalue weighted by Crippen LogP contribution is 2.25. The van der Waals surface area contributed by atoms with Gasteiger partial charge in [0, 0.05) is 12.7 Å². The average Bonchev–Trinajstić information content (AvgIpc) is 3.17. The Morgan fingerprint density at radius 2 is 2.19 bits per heavy atom. The van der Waals surface area contributed by atoms with E-state index in [0.29, 0.717) is 11.6 Å². The molecule has 0 bridgehead atoms. The van der Waals surface area contributed by atoms with Crippen LogP contribution in [-0.2, 0) is 13.1 Å². The van der Waals surface area contributed by atoms with Crippen molar-refractivity contribution in [1.29, 1.82) is 0 Å². The number of anilines is 1. The number of benzene rings is 1. The summed E-state index contributed by atoms with van der Waals surface area (Å²) >= 11 is 6.23. The van der Waals surface area contributed by atoms with Crippen molar-refractivity contribution < 1.29 is 0 Å². The van der Waals surface area contributed by atoms with Crippen molar-refractivity contribution in [2.45, 2.75) is 20.0 Å². The first-order valence-corrected chi connectivity index (χ1v) is 6.91. The van der Waals surface area contributed by atoms with Crippen molar-refractivity contribution in [2.24, 2.45) is 0 Å². The van der Waals surface area contributed by atoms with Crippen molar-refractivity contribution in [3.05, 3.63) is 47.8 Å². The number of aromatic nitrogens is 6. The molecule has 2 aromatic heterocycles. The average molecular weight is 304 g/mol. The van der Waals surface area contributed by atoms with Gasteiger partial charge in [-0.3, -0.25) is 0 Å². The molecule has 0 amide bonds. The second-order valence-corrected chi connectivity index (χ2v) is 4.85. The SMILES string of the molecule is CCn1cncc1CNc1cc(-n2cnnn2)ccc1Cl. The number of nitrogens with zero attached hydrogens (tertiary/aromatic N) is 6. The molecule has 21 heavy (non-hydrogen) atoms. The van der Waals surface area contributed by atoms with Crippen LogP contribution in [0.5, 0.6) is 0 Å². The summed E-state index contributed by atoms with van der Waals surface area (Å²) in [5, 5.41) is 15.1. The maximum atomic E-state index is 6.23. The molecule has 1 aromatic carbocycles. The Balaban J connectivity index is 1.80. The highest BCUT2D eigenvalue weighted by Gasteiger charge is 2.06. The maximum Gasteiger partial charge on any atom is 0.143 e. The predicted molar refractivity (Wildman–Crippen MR) is 79.4 cm³/mol. The zero-order valence-electron chi connectivity index (χ0n) is 11.4. The fourth-order valence-electron chi connectivity index (χ4n) is 2.04. The molecule has 0 aliphatic heterocycles. The van der Waals surface area contributed by atoms with Gasteiger partial charge in [-0.25, -0.2) is 9.67 Å². The van der Waals surface area contributed by atoms with Gasteiger partial charge in [0.1, 0.15) is 6.33 Å². The van der Waals surface area contributed by atoms with Gasteiger partial charge in [-0.2, -0.15) is 0 Å². The van der Waals surface area contributed by atoms with Crippen LogP contribution >= 0.6 is 11.6 Å². The Hall–Kier alpha value is -2.41. The molecule has 108 valence electrons. The van der Waals surface area contributed by atoms with Gasteiger partial charge in [0.15, 0.2) is 0 Å². The van der Waals surface area contributed by atoms with E-state index in [1.165, 1.54) is 0 Å². The van der Waals surface area contributed by atoms with Crippen molar-refractivity contribution in [3.8, 4) is 5.69 Å². The first-order valence-electron chi connectivity index (χ1n) is 6.53. The minimum atomic E-state index is 0.645. The first kappa shape index (κ1) is 13.6. The van der Waals surface area contributed by atoms with E-state index in [9.17, 15) is 0 Å². The number of tetrazole rings is 1. The van der Waals surface area contributed by atoms with Gasteiger partial charge in [0.05, 0.1) is 35.0 Å². The van der Waals surface area contributed by atoms with Crippen molar-refractivity contribution >= 4 is 17.3 Å². The van der Waals surface area contributed by atoms with Crippen molar-refractivity contribution in [1.82, 2.24) is 29.8 Å². The van der Waals surface area contributed by atoms with E-state index in [1.807, 2.05) is 30.7 Å². The Morgan fingerprint density at radius 3 is 2.95 bits per heavy atom. The first-order chi connectivity index (χ1) is 10.3. The lowest BCUT2D eigenvalue weighted by Crippen LogP contribution is -2.07. The van der Waals surface area contributed by atoms with Gasteiger partial charge in [0.25, 0.3) is 0 Å². The van der Waals surface area contributed by atoms with E-state index in [0.717, 1.165) is 23.6 Å². The summed E-state index contributed by atoms with van der Waals surface area (Å²) in [6.07, 6.45) is 5.20. The van der Waals surface area contributed by atoms with Crippen LogP contribution in [0.2, 0.25) is 5.02 Å². The lowest BCUT2D eigenvalue weighted by molar-refractivity contribution is 0.719. The summed E-state index contributed by atoms with van der Waals surface area (Å²) in [5.74, 6) is 0. The summed E-state index contributed by atoms with van der Waals surface area (Å²) in [6.45, 7) is 3.61. The molecule has 0 aliphatic carbocycles. The van der Waals surface area contributed by atoms with Gasteiger partial charge in [0.2, 0.25) is 0 Å². The fourth-order valence-corrected chi connectivity index (χ4v) is 2.22. The second-order valence-electron chi connectivity index (χ2n) is 4.44. The monoisotopic (exact) mass is 303 g/mol. The summed E-state index contributed by atoms with van der Waals surface area (Å²) in [4.78, 5) is 4.15. The Morgan fingerprint density at radius 1 is 1.29 bits per heavy atom. The van der Waals surface area contributed by atoms with Gasteiger partial charge < -0.3 is 9.88 Å². The second kappa shape index (κ2) is 5.92. The molecule has 0 saturated heterocycles. The quantitative estimate of drug-likeness (QED) is 0.782. The van der Waals surface area contributed by atoms with Crippen LogP contribution in [0.25, 0.3) is 5.69 Å². The molecule has 0 atom stereocenters. The molecular weight excluding hydrogens is 290 g/mol. The standard InChI is InChI=1S/C13H14ClN7/c1-2-20-8-15-6-11(20)7-16-13-5-10(3-4-12(13)14)21-9-17-18-19-21/h3-6,8-9,16H,2,7H2,1H3. The number of nitrogens with one attached hydrogen (secondary N) is 1. The number of imidazole rings is 1. The number of halogens is 1. The smallest absolute Gasteiger partial charge is 0.143 e. The predicted octanol–water partition coefficient (Wildman–Crippen LogP) is 2.14. The Kier molecular flexibility index (Phi) is 3.83. The molecule has 2 heterocycles. The highest BCUT2D eigenvalue weighted by atomic mass is 35.5. The molecule has 0 unspecified atom stereocenters. The Labute approximate surface area is 126 Å². The highest BCUT2D eigenvalue weighted by molar-refractivity contribution is 6.33. The van der Waals surface area contributed by atoms with Crippen molar-refractivity contribution in [2.75, 3.05) is 5.32 Å². The topological polar surface area (TPSA) is 73.5 Å². The van der Waals surface area contributed by atoms with E-state index in [2.05, 4.69) is 37.3 Å². The number of aryl methyl sites for hydroxylation is 1. The molecular formula is C13H14ClN7. The molecule has 3 aromatic rings. The summed E-state index contributed by atoms with van der Waals surface area (Å²) in [5.41, 5.74) is 2.77. The van der Waals surface area contributed by atoms with E-state index in [-0.39, 0.29) is 0 Å². The van der Waals surface area contributed by atoms with E-state index in [1.54, 1.807) is 11.0 Å². The van der Waals surface area contributed by atoms with Gasteiger partial charge in [-0.15, -0.1) is 5.10 Å². The van der Waals surface area contributed by atoms with Gasteiger partial charge >= 0.3 is 0 Å². The summed E-state index contributed by atoms with van der Waals surface area (Å²) < 4.78 is 3.66. The van der Waals surface area contributed by atoms with Crippen molar-refractivity contribution in [3.63, 3.8) is 0 Å². The lowest BCUT2D eigenvalue weighted by atomic mass is 10.2. The van der Waals surface area contributed by atoms with E-state index < -0.39 is 0 Å². The van der Waals surface area contributed by atoms with Crippen LogP contribution in [0.15, 0.2) is 37.1 Å². The molecule has 7 nitrogen and oxygen atoms in total. The van der Waals surface area contributed by atoms with Crippen LogP contribution < -0.4 is 5.32 Å². The third-order valence-electron chi connectivity index (χ3n) is 3.16. The molecule has 8 heteroatoms. The van der Waals surface area contributed by atoms with Crippen LogP contribution in [0.3, 0.4) is 0 Å². The van der Waals surface area contributed by atoms with Crippen LogP contribution in [0, 0.1) is 0 Å². The fraction of sp³-hybridized carbons (Fsp3) is 0.231. The normalized spacial score (nSPS) is 10.8. The lowest BCUT2D eigenvalue weighted by Gasteiger charge is -2.11. The molecule has 0 fully saturated rings. The van der Waals surface area contributed by atoms with E-state index >= 15 is 0 Å². The number of rotatable bonds is 5. The zero-order valence-corrected chi connectivity index (χ0v) is 12.2. The molecule has 0 aliphatic rings. The summed E-state index contributed by atoms with van der Waals surface area (Å²) in [7, 11) is 0. The maximum absolute atomic E-state index is 6.23. The van der Waals surface area contributed by atoms with Crippen LogP contribution in [-0.4, -0.2) is 29.8 Å². The van der Waals surface area contributed by atoms with Crippen LogP contribution in [0.1, 0.15) is 12.6 Å². The molecule has 0 radical (unpaired) electrons. The zero-order chi connectivity index (χ0) is 14.7. The third-order valence-corrected chi connectivity index (χ3v) is 3.49. The Bertz CT molecular complexity index is 720. The molecule has 0 saturated carbocycles. The van der Waals surface area contributed by atoms with Crippen LogP contribution in [0.4, 0.5) is 5.69 Å². The summed E-state index contributed by atoms with van der Waals surface area (Å²) in [6, 6.07) is 5.59. The molecule has 3 rings (SSSR count). The largest absolute Gasteiger partial charge is 0.378 e. The van der Waals surface area contributed by atoms with E-state index in [4.69, 9.17) is 11.6 Å². The van der Waals surface area contributed by atoms with Gasteiger partial charge in [-0.05, 0) is 35.5 Å². The number of hydrogen-bond acceptors (Lipinski definition) is 5. The molecule has 1 N–H and O–H groups in total. The molecule has 0 spiro atoms. The minimum Gasteiger partial charge on any atom is -0.378 e. The van der Waals surface area contributed by atoms with Gasteiger partial charge in [-0.1, -0.05) is 11.6 Å². The number of hydrogen-bond donors (Lipinski definition) is 1.